The van der Waals surface area contributed by atoms with Crippen molar-refractivity contribution in [2.45, 2.75) is 13.8 Å². The highest BCUT2D eigenvalue weighted by Crippen LogP contribution is 2.18. The second-order valence-electron chi connectivity index (χ2n) is 2.39. The highest BCUT2D eigenvalue weighted by molar-refractivity contribution is 5.49. The molecule has 0 saturated carbocycles. The van der Waals surface area contributed by atoms with Gasteiger partial charge in [-0.05, 0) is 25.0 Å². The Morgan fingerprint density at radius 1 is 0.929 bits per heavy atom. The molecule has 0 spiro atoms. The fourth-order valence-electron chi connectivity index (χ4n) is 0.741. The molecule has 14 heavy (non-hydrogen) atoms. The van der Waals surface area contributed by atoms with E-state index in [-0.39, 0.29) is 11.4 Å². The molecule has 0 aliphatic rings. The van der Waals surface area contributed by atoms with Gasteiger partial charge in [0, 0.05) is 0 Å². The van der Waals surface area contributed by atoms with E-state index in [1.165, 1.54) is 0 Å². The molecule has 0 rings (SSSR count). The molecule has 0 radical (unpaired) electrons. The van der Waals surface area contributed by atoms with Crippen LogP contribution in [0.15, 0.2) is 22.5 Å². The van der Waals surface area contributed by atoms with Crippen LogP contribution in [-0.4, -0.2) is 0 Å². The molecule has 0 aromatic heterocycles. The molecule has 0 atom stereocenters. The average molecular weight is 182 g/mol. The third-order valence-electron chi connectivity index (χ3n) is 1.71. The Kier molecular flexibility index (Phi) is 4.21. The molecule has 0 unspecified atom stereocenters. The second-order valence-corrected chi connectivity index (χ2v) is 2.39. The van der Waals surface area contributed by atoms with Crippen LogP contribution in [0.25, 0.3) is 9.69 Å². The summed E-state index contributed by atoms with van der Waals surface area (Å²) in [4.78, 5) is 6.00. The lowest BCUT2D eigenvalue weighted by Gasteiger charge is -2.00. The first-order chi connectivity index (χ1) is 6.62. The lowest BCUT2D eigenvalue weighted by molar-refractivity contribution is 1.28. The number of rotatable bonds is 1. The van der Waals surface area contributed by atoms with E-state index in [9.17, 15) is 0 Å². The minimum atomic E-state index is -0.0844. The minimum Gasteiger partial charge on any atom is -0.226 e. The Labute approximate surface area is 82.6 Å². The predicted octanol–water partition coefficient (Wildman–Crippen LogP) is 2.42. The van der Waals surface area contributed by atoms with Crippen molar-refractivity contribution < 1.29 is 0 Å². The Morgan fingerprint density at radius 2 is 1.21 bits per heavy atom. The summed E-state index contributed by atoms with van der Waals surface area (Å²) in [6.45, 7) is 16.5. The lowest BCUT2D eigenvalue weighted by Crippen LogP contribution is -1.87. The lowest BCUT2D eigenvalue weighted by atomic mass is 10.1. The van der Waals surface area contributed by atoms with Gasteiger partial charge in [0.15, 0.2) is 0 Å². The van der Waals surface area contributed by atoms with Crippen LogP contribution >= 0.6 is 0 Å². The molecule has 4 nitrogen and oxygen atoms in total. The fourth-order valence-corrected chi connectivity index (χ4v) is 0.741. The van der Waals surface area contributed by atoms with Crippen LogP contribution in [0.2, 0.25) is 0 Å². The SMILES string of the molecule is [C-]#[N+]/C(C#N)=C(C)\C(C)=C(/C#N)[N+]#[C-]. The predicted molar refractivity (Wildman–Crippen MR) is 49.8 cm³/mol. The van der Waals surface area contributed by atoms with Crippen LogP contribution < -0.4 is 0 Å². The van der Waals surface area contributed by atoms with Crippen LogP contribution in [-0.2, 0) is 0 Å². The van der Waals surface area contributed by atoms with E-state index in [2.05, 4.69) is 9.69 Å². The molecule has 66 valence electrons. The standard InChI is InChI=1S/C10H6N4/c1-7(9(5-11)13-3)8(2)10(6-12)14-4/h1-2H3/b9-7-,10-8+. The van der Waals surface area contributed by atoms with Crippen molar-refractivity contribution >= 4 is 0 Å². The van der Waals surface area contributed by atoms with Crippen molar-refractivity contribution in [2.75, 3.05) is 0 Å². The van der Waals surface area contributed by atoms with Gasteiger partial charge in [0.1, 0.15) is 0 Å². The number of hydrogen-bond donors (Lipinski definition) is 0. The molecular weight excluding hydrogens is 176 g/mol. The van der Waals surface area contributed by atoms with E-state index in [4.69, 9.17) is 23.7 Å². The largest absolute Gasteiger partial charge is 0.263 e. The molecule has 0 aliphatic heterocycles. The van der Waals surface area contributed by atoms with Gasteiger partial charge in [-0.2, -0.15) is 0 Å². The molecule has 4 heteroatoms. The maximum atomic E-state index is 8.57. The molecule has 0 aromatic carbocycles. The van der Waals surface area contributed by atoms with E-state index >= 15 is 0 Å². The average Bonchev–Trinajstić information content (AvgIpc) is 2.21. The monoisotopic (exact) mass is 182 g/mol. The van der Waals surface area contributed by atoms with E-state index in [1.807, 2.05) is 0 Å². The fraction of sp³-hybridized carbons (Fsp3) is 0.200. The number of nitriles is 2. The first-order valence-corrected chi connectivity index (χ1v) is 3.59. The topological polar surface area (TPSA) is 56.3 Å². The first-order valence-electron chi connectivity index (χ1n) is 3.59. The summed E-state index contributed by atoms with van der Waals surface area (Å²) < 4.78 is 0. The van der Waals surface area contributed by atoms with E-state index < -0.39 is 0 Å². The first kappa shape index (κ1) is 11.4. The molecule has 0 N–H and O–H groups in total. The van der Waals surface area contributed by atoms with Gasteiger partial charge in [-0.1, -0.05) is 0 Å². The van der Waals surface area contributed by atoms with E-state index in [0.717, 1.165) is 0 Å². The van der Waals surface area contributed by atoms with Gasteiger partial charge in [0.2, 0.25) is 0 Å². The van der Waals surface area contributed by atoms with E-state index in [0.29, 0.717) is 11.1 Å². The van der Waals surface area contributed by atoms with Crippen molar-refractivity contribution in [3.05, 3.63) is 45.4 Å². The third-order valence-corrected chi connectivity index (χ3v) is 1.71. The molecule has 0 aliphatic carbocycles. The number of nitrogens with zero attached hydrogens (tertiary/aromatic N) is 4. The van der Waals surface area contributed by atoms with E-state index in [1.54, 1.807) is 26.0 Å². The van der Waals surface area contributed by atoms with Gasteiger partial charge in [-0.3, -0.25) is 0 Å². The van der Waals surface area contributed by atoms with Crippen molar-refractivity contribution in [3.63, 3.8) is 0 Å². The highest BCUT2D eigenvalue weighted by Gasteiger charge is 2.07. The molecule has 0 fully saturated rings. The molecule has 0 saturated heterocycles. The van der Waals surface area contributed by atoms with Crippen molar-refractivity contribution in [1.82, 2.24) is 0 Å². The summed E-state index contributed by atoms with van der Waals surface area (Å²) >= 11 is 0. The Balaban J connectivity index is 5.66. The number of allylic oxidation sites excluding steroid dienone is 4. The Bertz CT molecular complexity index is 388. The molecular formula is C10H6N4. The quantitative estimate of drug-likeness (QED) is 0.355. The number of hydrogen-bond acceptors (Lipinski definition) is 2. The molecule has 0 bridgehead atoms. The zero-order valence-electron chi connectivity index (χ0n) is 7.79. The van der Waals surface area contributed by atoms with Gasteiger partial charge in [-0.25, -0.2) is 20.2 Å². The zero-order valence-corrected chi connectivity index (χ0v) is 7.79. The maximum absolute atomic E-state index is 8.57. The maximum Gasteiger partial charge on any atom is 0.263 e. The summed E-state index contributed by atoms with van der Waals surface area (Å²) in [6, 6.07) is 3.43. The van der Waals surface area contributed by atoms with Crippen LogP contribution in [0, 0.1) is 35.8 Å². The molecule has 0 aromatic rings. The highest BCUT2D eigenvalue weighted by atomic mass is 14.7. The smallest absolute Gasteiger partial charge is 0.226 e. The third kappa shape index (κ3) is 2.21. The van der Waals surface area contributed by atoms with Crippen LogP contribution in [0.1, 0.15) is 13.8 Å². The normalized spacial score (nSPS) is 12.1. The van der Waals surface area contributed by atoms with Gasteiger partial charge in [0.05, 0.1) is 25.3 Å². The van der Waals surface area contributed by atoms with Crippen LogP contribution in [0.4, 0.5) is 0 Å². The second kappa shape index (κ2) is 5.15. The van der Waals surface area contributed by atoms with Gasteiger partial charge < -0.3 is 0 Å². The Hall–Kier alpha value is -2.56. The summed E-state index contributed by atoms with van der Waals surface area (Å²) in [5, 5.41) is 17.1. The van der Waals surface area contributed by atoms with Crippen molar-refractivity contribution in [3.8, 4) is 12.1 Å². The Morgan fingerprint density at radius 3 is 1.36 bits per heavy atom. The van der Waals surface area contributed by atoms with Crippen molar-refractivity contribution in [2.24, 2.45) is 0 Å². The van der Waals surface area contributed by atoms with Crippen molar-refractivity contribution in [1.29, 1.82) is 10.5 Å². The zero-order chi connectivity index (χ0) is 11.1. The van der Waals surface area contributed by atoms with Gasteiger partial charge in [-0.15, -0.1) is 0 Å². The van der Waals surface area contributed by atoms with Gasteiger partial charge in [0.25, 0.3) is 11.4 Å². The van der Waals surface area contributed by atoms with Crippen LogP contribution in [0.5, 0.6) is 0 Å². The van der Waals surface area contributed by atoms with Crippen LogP contribution in [0.3, 0.4) is 0 Å². The summed E-state index contributed by atoms with van der Waals surface area (Å²) in [7, 11) is 0. The van der Waals surface area contributed by atoms with Gasteiger partial charge >= 0.3 is 0 Å². The summed E-state index contributed by atoms with van der Waals surface area (Å²) in [5.74, 6) is 0. The summed E-state index contributed by atoms with van der Waals surface area (Å²) in [6.07, 6.45) is 0. The summed E-state index contributed by atoms with van der Waals surface area (Å²) in [5.41, 5.74) is 0.600. The molecule has 0 amide bonds. The molecule has 0 heterocycles. The minimum absolute atomic E-state index is 0.0844.